The maximum absolute atomic E-state index is 8.47. The Kier molecular flexibility index (Phi) is 4.20. The molecule has 0 heterocycles. The van der Waals surface area contributed by atoms with Gasteiger partial charge >= 0.3 is 0 Å². The van der Waals surface area contributed by atoms with E-state index in [-0.39, 0.29) is 0 Å². The third kappa shape index (κ3) is 3.25. The van der Waals surface area contributed by atoms with Crippen molar-refractivity contribution < 1.29 is 9.94 Å². The Labute approximate surface area is 110 Å². The van der Waals surface area contributed by atoms with Crippen LogP contribution in [0, 0.1) is 0 Å². The lowest BCUT2D eigenvalue weighted by atomic mass is 10.2. The minimum Gasteiger partial charge on any atom is -0.489 e. The molecular weight excluding hydrogens is 250 g/mol. The molecule has 0 aromatic heterocycles. The van der Waals surface area contributed by atoms with Gasteiger partial charge in [0.1, 0.15) is 12.4 Å². The van der Waals surface area contributed by atoms with Gasteiger partial charge in [0, 0.05) is 10.6 Å². The van der Waals surface area contributed by atoms with Crippen LogP contribution in [0.5, 0.6) is 5.75 Å². The van der Waals surface area contributed by atoms with E-state index in [1.807, 2.05) is 42.5 Å². The highest BCUT2D eigenvalue weighted by Crippen LogP contribution is 2.18. The molecule has 2 aromatic rings. The summed E-state index contributed by atoms with van der Waals surface area (Å²) >= 11 is 6.04. The molecule has 1 N–H and O–H groups in total. The lowest BCUT2D eigenvalue weighted by molar-refractivity contribution is 0.306. The minimum absolute atomic E-state index is 0.402. The van der Waals surface area contributed by atoms with E-state index in [1.54, 1.807) is 6.07 Å². The Balaban J connectivity index is 2.06. The summed E-state index contributed by atoms with van der Waals surface area (Å²) in [6, 6.07) is 14.8. The van der Waals surface area contributed by atoms with Crippen molar-refractivity contribution in [3.05, 3.63) is 64.7 Å². The van der Waals surface area contributed by atoms with E-state index in [0.717, 1.165) is 11.1 Å². The summed E-state index contributed by atoms with van der Waals surface area (Å²) in [6.45, 7) is 0.402. The quantitative estimate of drug-likeness (QED) is 0.518. The molecule has 0 fully saturated rings. The van der Waals surface area contributed by atoms with Gasteiger partial charge in [0.2, 0.25) is 0 Å². The van der Waals surface area contributed by atoms with Gasteiger partial charge in [-0.15, -0.1) is 0 Å². The summed E-state index contributed by atoms with van der Waals surface area (Å²) in [6.07, 6.45) is 1.35. The third-order valence-electron chi connectivity index (χ3n) is 2.42. The van der Waals surface area contributed by atoms with E-state index in [9.17, 15) is 0 Å². The number of benzene rings is 2. The molecule has 0 aliphatic heterocycles. The van der Waals surface area contributed by atoms with Crippen molar-refractivity contribution in [2.45, 2.75) is 6.61 Å². The monoisotopic (exact) mass is 261 g/mol. The molecule has 2 rings (SSSR count). The Morgan fingerprint density at radius 3 is 2.78 bits per heavy atom. The first-order valence-corrected chi connectivity index (χ1v) is 5.81. The van der Waals surface area contributed by atoms with Crippen LogP contribution >= 0.6 is 11.6 Å². The number of oxime groups is 1. The maximum Gasteiger partial charge on any atom is 0.120 e. The lowest BCUT2D eigenvalue weighted by Gasteiger charge is -2.08. The SMILES string of the molecule is O/N=C/c1cccc(OCc2ccccc2Cl)c1. The highest BCUT2D eigenvalue weighted by molar-refractivity contribution is 6.31. The molecule has 0 spiro atoms. The van der Waals surface area contributed by atoms with Gasteiger partial charge in [0.05, 0.1) is 6.21 Å². The predicted molar refractivity (Wildman–Crippen MR) is 71.6 cm³/mol. The molecule has 0 saturated carbocycles. The second-order valence-electron chi connectivity index (χ2n) is 3.70. The van der Waals surface area contributed by atoms with Crippen LogP contribution in [0.2, 0.25) is 5.02 Å². The van der Waals surface area contributed by atoms with Gasteiger partial charge < -0.3 is 9.94 Å². The number of halogens is 1. The number of nitrogens with zero attached hydrogens (tertiary/aromatic N) is 1. The number of rotatable bonds is 4. The first-order valence-electron chi connectivity index (χ1n) is 5.43. The van der Waals surface area contributed by atoms with E-state index in [4.69, 9.17) is 21.5 Å². The first-order chi connectivity index (χ1) is 8.79. The Hall–Kier alpha value is -2.00. The zero-order valence-corrected chi connectivity index (χ0v) is 10.3. The summed E-state index contributed by atoms with van der Waals surface area (Å²) < 4.78 is 5.63. The largest absolute Gasteiger partial charge is 0.489 e. The van der Waals surface area contributed by atoms with Crippen LogP contribution in [0.1, 0.15) is 11.1 Å². The van der Waals surface area contributed by atoms with Gasteiger partial charge in [0.25, 0.3) is 0 Å². The van der Waals surface area contributed by atoms with Crippen LogP contribution in [-0.2, 0) is 6.61 Å². The highest BCUT2D eigenvalue weighted by Gasteiger charge is 2.00. The van der Waals surface area contributed by atoms with E-state index in [0.29, 0.717) is 17.4 Å². The third-order valence-corrected chi connectivity index (χ3v) is 2.79. The fraction of sp³-hybridized carbons (Fsp3) is 0.0714. The highest BCUT2D eigenvalue weighted by atomic mass is 35.5. The molecular formula is C14H12ClNO2. The van der Waals surface area contributed by atoms with Crippen molar-refractivity contribution in [1.29, 1.82) is 0 Å². The molecule has 0 aliphatic carbocycles. The molecule has 0 saturated heterocycles. The molecule has 3 nitrogen and oxygen atoms in total. The summed E-state index contributed by atoms with van der Waals surface area (Å²) in [4.78, 5) is 0. The van der Waals surface area contributed by atoms with Crippen molar-refractivity contribution in [3.63, 3.8) is 0 Å². The molecule has 0 aliphatic rings. The average molecular weight is 262 g/mol. The summed E-state index contributed by atoms with van der Waals surface area (Å²) in [5.74, 6) is 0.701. The minimum atomic E-state index is 0.402. The van der Waals surface area contributed by atoms with E-state index >= 15 is 0 Å². The second kappa shape index (κ2) is 6.07. The zero-order chi connectivity index (χ0) is 12.8. The molecule has 0 unspecified atom stereocenters. The van der Waals surface area contributed by atoms with Crippen molar-refractivity contribution in [3.8, 4) is 5.75 Å². The Bertz CT molecular complexity index is 555. The van der Waals surface area contributed by atoms with Gasteiger partial charge in [-0.2, -0.15) is 0 Å². The van der Waals surface area contributed by atoms with Crippen LogP contribution in [-0.4, -0.2) is 11.4 Å². The topological polar surface area (TPSA) is 41.8 Å². The molecule has 0 bridgehead atoms. The van der Waals surface area contributed by atoms with Crippen LogP contribution in [0.25, 0.3) is 0 Å². The molecule has 0 atom stereocenters. The van der Waals surface area contributed by atoms with Crippen LogP contribution in [0.15, 0.2) is 53.7 Å². The van der Waals surface area contributed by atoms with Crippen LogP contribution in [0.3, 0.4) is 0 Å². The number of hydrogen-bond donors (Lipinski definition) is 1. The van der Waals surface area contributed by atoms with Gasteiger partial charge in [-0.1, -0.05) is 47.1 Å². The molecule has 18 heavy (non-hydrogen) atoms. The smallest absolute Gasteiger partial charge is 0.120 e. The van der Waals surface area contributed by atoms with Gasteiger partial charge in [-0.05, 0) is 23.8 Å². The normalized spacial score (nSPS) is 10.7. The van der Waals surface area contributed by atoms with E-state index in [2.05, 4.69) is 5.16 Å². The van der Waals surface area contributed by atoms with E-state index in [1.165, 1.54) is 6.21 Å². The van der Waals surface area contributed by atoms with Crippen LogP contribution in [0.4, 0.5) is 0 Å². The van der Waals surface area contributed by atoms with Crippen molar-refractivity contribution >= 4 is 17.8 Å². The Morgan fingerprint density at radius 2 is 2.00 bits per heavy atom. The standard InChI is InChI=1S/C14H12ClNO2/c15-14-7-2-1-5-12(14)10-18-13-6-3-4-11(8-13)9-16-17/h1-9,17H,10H2/b16-9+. The molecule has 0 amide bonds. The lowest BCUT2D eigenvalue weighted by Crippen LogP contribution is -1.96. The van der Waals surface area contributed by atoms with E-state index < -0.39 is 0 Å². The molecule has 2 aromatic carbocycles. The van der Waals surface area contributed by atoms with Crippen molar-refractivity contribution in [1.82, 2.24) is 0 Å². The van der Waals surface area contributed by atoms with Gasteiger partial charge in [-0.25, -0.2) is 0 Å². The number of ether oxygens (including phenoxy) is 1. The van der Waals surface area contributed by atoms with Gasteiger partial charge in [-0.3, -0.25) is 0 Å². The molecule has 92 valence electrons. The average Bonchev–Trinajstić information content (AvgIpc) is 2.39. The summed E-state index contributed by atoms with van der Waals surface area (Å²) in [7, 11) is 0. The molecule has 0 radical (unpaired) electrons. The summed E-state index contributed by atoms with van der Waals surface area (Å²) in [5, 5.41) is 12.1. The van der Waals surface area contributed by atoms with Crippen molar-refractivity contribution in [2.75, 3.05) is 0 Å². The fourth-order valence-corrected chi connectivity index (χ4v) is 1.72. The molecule has 4 heteroatoms. The predicted octanol–water partition coefficient (Wildman–Crippen LogP) is 3.73. The van der Waals surface area contributed by atoms with Gasteiger partial charge in [0.15, 0.2) is 0 Å². The second-order valence-corrected chi connectivity index (χ2v) is 4.10. The fourth-order valence-electron chi connectivity index (χ4n) is 1.53. The maximum atomic E-state index is 8.47. The summed E-state index contributed by atoms with van der Waals surface area (Å²) in [5.41, 5.74) is 1.70. The first kappa shape index (κ1) is 12.5. The number of hydrogen-bond acceptors (Lipinski definition) is 3. The van der Waals surface area contributed by atoms with Crippen LogP contribution < -0.4 is 4.74 Å². The Morgan fingerprint density at radius 1 is 1.17 bits per heavy atom. The zero-order valence-electron chi connectivity index (χ0n) is 9.58. The van der Waals surface area contributed by atoms with Crippen molar-refractivity contribution in [2.24, 2.45) is 5.16 Å².